The molecule has 0 aliphatic rings. The van der Waals surface area contributed by atoms with E-state index in [0.29, 0.717) is 19.6 Å². The first-order valence-electron chi connectivity index (χ1n) is 8.58. The Labute approximate surface area is 139 Å². The Morgan fingerprint density at radius 2 is 1.35 bits per heavy atom. The number of ether oxygens (including phenoxy) is 3. The van der Waals surface area contributed by atoms with Gasteiger partial charge >= 0.3 is 5.97 Å². The molecule has 136 valence electrons. The molecule has 0 saturated heterocycles. The number of carboxylic acid groups (broad SMARTS) is 1. The molecule has 0 aromatic carbocycles. The minimum atomic E-state index is -1.95. The van der Waals surface area contributed by atoms with Crippen LogP contribution in [0.25, 0.3) is 0 Å². The lowest BCUT2D eigenvalue weighted by Gasteiger charge is -2.28. The summed E-state index contributed by atoms with van der Waals surface area (Å²) >= 11 is 0. The Balaban J connectivity index is 4.95. The molecule has 0 radical (unpaired) electrons. The Morgan fingerprint density at radius 3 is 1.74 bits per heavy atom. The van der Waals surface area contributed by atoms with Crippen molar-refractivity contribution in [3.05, 3.63) is 0 Å². The molecule has 6 nitrogen and oxygen atoms in total. The van der Waals surface area contributed by atoms with E-state index in [1.54, 1.807) is 0 Å². The molecule has 0 amide bonds. The van der Waals surface area contributed by atoms with Gasteiger partial charge in [-0.05, 0) is 26.2 Å². The van der Waals surface area contributed by atoms with E-state index in [1.165, 1.54) is 6.92 Å². The van der Waals surface area contributed by atoms with E-state index < -0.39 is 23.6 Å². The first-order chi connectivity index (χ1) is 10.9. The zero-order valence-corrected chi connectivity index (χ0v) is 14.9. The minimum absolute atomic E-state index is 0.210. The topological polar surface area (TPSA) is 82.1 Å². The van der Waals surface area contributed by atoms with Crippen molar-refractivity contribution in [2.75, 3.05) is 19.8 Å². The Morgan fingerprint density at radius 1 is 0.913 bits per heavy atom. The van der Waals surface area contributed by atoms with Crippen LogP contribution in [0.15, 0.2) is 0 Å². The predicted molar refractivity (Wildman–Crippen MR) is 87.4 cm³/mol. The number of Topliss-reactive ketones (excluding diaryl/α,β-unsaturated/α-hetero) is 1. The number of ketones is 1. The fraction of sp³-hybridized carbons (Fsp3) is 0.882. The number of carbonyl (C=O) groups is 2. The highest BCUT2D eigenvalue weighted by molar-refractivity contribution is 6.07. The molecule has 0 rings (SSSR count). The summed E-state index contributed by atoms with van der Waals surface area (Å²) in [6.45, 7) is 8.16. The van der Waals surface area contributed by atoms with Crippen LogP contribution in [0, 0.1) is 0 Å². The minimum Gasteiger partial charge on any atom is -0.479 e. The Hall–Kier alpha value is -0.980. The van der Waals surface area contributed by atoms with Gasteiger partial charge in [0.1, 0.15) is 0 Å². The molecule has 0 spiro atoms. The number of rotatable bonds is 15. The average molecular weight is 332 g/mol. The van der Waals surface area contributed by atoms with Crippen molar-refractivity contribution < 1.29 is 28.9 Å². The molecule has 1 atom stereocenters. The summed E-state index contributed by atoms with van der Waals surface area (Å²) in [5.41, 5.74) is -1.95. The molecule has 0 aliphatic heterocycles. The van der Waals surface area contributed by atoms with Crippen LogP contribution in [0.4, 0.5) is 0 Å². The SMILES string of the molecule is CCCCOC(OCCCC)C(=O)C(C)(OCCCC)C(=O)O. The van der Waals surface area contributed by atoms with Gasteiger partial charge in [-0.15, -0.1) is 0 Å². The Bertz CT molecular complexity index is 334. The van der Waals surface area contributed by atoms with E-state index in [2.05, 4.69) is 0 Å². The summed E-state index contributed by atoms with van der Waals surface area (Å²) in [6, 6.07) is 0. The van der Waals surface area contributed by atoms with Crippen LogP contribution in [0.1, 0.15) is 66.2 Å². The molecule has 23 heavy (non-hydrogen) atoms. The summed E-state index contributed by atoms with van der Waals surface area (Å²) in [5, 5.41) is 9.44. The quantitative estimate of drug-likeness (QED) is 0.282. The second-order valence-electron chi connectivity index (χ2n) is 5.69. The summed E-state index contributed by atoms with van der Waals surface area (Å²) in [6.07, 6.45) is 3.73. The van der Waals surface area contributed by atoms with Crippen molar-refractivity contribution in [1.82, 2.24) is 0 Å². The maximum Gasteiger partial charge on any atom is 0.343 e. The van der Waals surface area contributed by atoms with Gasteiger partial charge in [0.05, 0.1) is 13.2 Å². The lowest BCUT2D eigenvalue weighted by Crippen LogP contribution is -2.52. The molecule has 6 heteroatoms. The van der Waals surface area contributed by atoms with E-state index in [-0.39, 0.29) is 6.61 Å². The van der Waals surface area contributed by atoms with Crippen LogP contribution in [0.3, 0.4) is 0 Å². The lowest BCUT2D eigenvalue weighted by molar-refractivity contribution is -0.198. The normalized spacial score (nSPS) is 14.0. The van der Waals surface area contributed by atoms with Crippen LogP contribution < -0.4 is 0 Å². The smallest absolute Gasteiger partial charge is 0.343 e. The average Bonchev–Trinajstić information content (AvgIpc) is 2.53. The summed E-state index contributed by atoms with van der Waals surface area (Å²) in [7, 11) is 0. The third-order valence-electron chi connectivity index (χ3n) is 3.52. The second-order valence-corrected chi connectivity index (χ2v) is 5.69. The first kappa shape index (κ1) is 22.0. The first-order valence-corrected chi connectivity index (χ1v) is 8.58. The third-order valence-corrected chi connectivity index (χ3v) is 3.52. The molecular weight excluding hydrogens is 300 g/mol. The van der Waals surface area contributed by atoms with E-state index in [1.807, 2.05) is 20.8 Å². The second kappa shape index (κ2) is 12.4. The van der Waals surface area contributed by atoms with Crippen LogP contribution in [-0.2, 0) is 23.8 Å². The van der Waals surface area contributed by atoms with E-state index >= 15 is 0 Å². The van der Waals surface area contributed by atoms with Crippen molar-refractivity contribution in [3.63, 3.8) is 0 Å². The highest BCUT2D eigenvalue weighted by Crippen LogP contribution is 2.19. The van der Waals surface area contributed by atoms with Crippen molar-refractivity contribution in [1.29, 1.82) is 0 Å². The van der Waals surface area contributed by atoms with Gasteiger partial charge in [-0.1, -0.05) is 40.0 Å². The molecule has 1 N–H and O–H groups in total. The standard InChI is InChI=1S/C17H32O6/c1-5-8-11-21-15(22-12-9-6-2)14(18)17(4,16(19)20)23-13-10-7-3/h15H,5-13H2,1-4H3,(H,19,20). The van der Waals surface area contributed by atoms with Gasteiger partial charge in [0.2, 0.25) is 17.7 Å². The number of carbonyl (C=O) groups excluding carboxylic acids is 1. The third kappa shape index (κ3) is 7.90. The fourth-order valence-electron chi connectivity index (χ4n) is 1.75. The van der Waals surface area contributed by atoms with Crippen molar-refractivity contribution in [3.8, 4) is 0 Å². The number of carboxylic acids is 1. The predicted octanol–water partition coefficient (Wildman–Crippen LogP) is 3.18. The zero-order chi connectivity index (χ0) is 17.7. The van der Waals surface area contributed by atoms with Gasteiger partial charge in [0, 0.05) is 6.61 Å². The maximum atomic E-state index is 12.6. The van der Waals surface area contributed by atoms with Crippen molar-refractivity contribution in [2.45, 2.75) is 78.1 Å². The number of hydrogen-bond acceptors (Lipinski definition) is 5. The fourth-order valence-corrected chi connectivity index (χ4v) is 1.75. The number of hydrogen-bond donors (Lipinski definition) is 1. The molecule has 0 aromatic heterocycles. The summed E-state index contributed by atoms with van der Waals surface area (Å²) < 4.78 is 16.3. The monoisotopic (exact) mass is 332 g/mol. The molecule has 0 heterocycles. The van der Waals surface area contributed by atoms with Gasteiger partial charge in [0.15, 0.2) is 0 Å². The molecule has 0 aromatic rings. The van der Waals surface area contributed by atoms with Crippen molar-refractivity contribution >= 4 is 11.8 Å². The Kier molecular flexibility index (Phi) is 11.9. The summed E-state index contributed by atoms with van der Waals surface area (Å²) in [4.78, 5) is 24.2. The summed E-state index contributed by atoms with van der Waals surface area (Å²) in [5.74, 6) is -2.00. The van der Waals surface area contributed by atoms with Gasteiger partial charge < -0.3 is 19.3 Å². The lowest BCUT2D eigenvalue weighted by atomic mass is 10.00. The van der Waals surface area contributed by atoms with E-state index in [4.69, 9.17) is 14.2 Å². The van der Waals surface area contributed by atoms with Crippen LogP contribution in [-0.4, -0.2) is 48.6 Å². The maximum absolute atomic E-state index is 12.6. The molecular formula is C17H32O6. The van der Waals surface area contributed by atoms with Crippen LogP contribution >= 0.6 is 0 Å². The van der Waals surface area contributed by atoms with Crippen LogP contribution in [0.2, 0.25) is 0 Å². The number of unbranched alkanes of at least 4 members (excludes halogenated alkanes) is 3. The van der Waals surface area contributed by atoms with Crippen molar-refractivity contribution in [2.24, 2.45) is 0 Å². The van der Waals surface area contributed by atoms with E-state index in [9.17, 15) is 14.7 Å². The largest absolute Gasteiger partial charge is 0.479 e. The molecule has 0 aliphatic carbocycles. The van der Waals surface area contributed by atoms with Gasteiger partial charge in [0.25, 0.3) is 0 Å². The van der Waals surface area contributed by atoms with Gasteiger partial charge in [-0.3, -0.25) is 4.79 Å². The molecule has 1 unspecified atom stereocenters. The van der Waals surface area contributed by atoms with Crippen LogP contribution in [0.5, 0.6) is 0 Å². The highest BCUT2D eigenvalue weighted by atomic mass is 16.7. The van der Waals surface area contributed by atoms with Gasteiger partial charge in [-0.2, -0.15) is 0 Å². The molecule has 0 bridgehead atoms. The van der Waals surface area contributed by atoms with Gasteiger partial charge in [-0.25, -0.2) is 4.79 Å². The number of aliphatic carboxylic acids is 1. The highest BCUT2D eigenvalue weighted by Gasteiger charge is 2.47. The van der Waals surface area contributed by atoms with E-state index in [0.717, 1.165) is 32.1 Å². The zero-order valence-electron chi connectivity index (χ0n) is 14.9. The molecule has 0 fully saturated rings. The molecule has 0 saturated carbocycles.